The number of ether oxygens (including phenoxy) is 1. The van der Waals surface area contributed by atoms with Crippen LogP contribution in [0.3, 0.4) is 0 Å². The molecule has 0 radical (unpaired) electrons. The van der Waals surface area contributed by atoms with Crippen LogP contribution in [-0.4, -0.2) is 63.8 Å². The molecule has 0 atom stereocenters. The molecule has 1 aliphatic rings. The molecule has 7 heteroatoms. The van der Waals surface area contributed by atoms with E-state index in [9.17, 15) is 0 Å². The summed E-state index contributed by atoms with van der Waals surface area (Å²) < 4.78 is 7.62. The SMILES string of the molecule is Cc1cc(N2CCN(CCOc3ccccc3)CC2)n2ncnc2n1. The highest BCUT2D eigenvalue weighted by Gasteiger charge is 2.20. The molecular weight excluding hydrogens is 316 g/mol. The lowest BCUT2D eigenvalue weighted by Gasteiger charge is -2.35. The fraction of sp³-hybridized carbons (Fsp3) is 0.389. The van der Waals surface area contributed by atoms with Gasteiger partial charge in [-0.05, 0) is 19.1 Å². The fourth-order valence-electron chi connectivity index (χ4n) is 3.15. The van der Waals surface area contributed by atoms with Crippen molar-refractivity contribution in [2.45, 2.75) is 6.92 Å². The number of hydrogen-bond donors (Lipinski definition) is 0. The highest BCUT2D eigenvalue weighted by Crippen LogP contribution is 2.18. The van der Waals surface area contributed by atoms with Gasteiger partial charge in [-0.1, -0.05) is 18.2 Å². The zero-order valence-corrected chi connectivity index (χ0v) is 14.4. The summed E-state index contributed by atoms with van der Waals surface area (Å²) in [5, 5.41) is 4.30. The van der Waals surface area contributed by atoms with E-state index in [-0.39, 0.29) is 0 Å². The lowest BCUT2D eigenvalue weighted by Crippen LogP contribution is -2.48. The van der Waals surface area contributed by atoms with E-state index in [0.717, 1.165) is 50.0 Å². The van der Waals surface area contributed by atoms with Gasteiger partial charge in [0.15, 0.2) is 0 Å². The van der Waals surface area contributed by atoms with Crippen LogP contribution >= 0.6 is 0 Å². The van der Waals surface area contributed by atoms with Crippen LogP contribution < -0.4 is 9.64 Å². The Balaban J connectivity index is 1.33. The Labute approximate surface area is 146 Å². The largest absolute Gasteiger partial charge is 0.492 e. The molecule has 3 aromatic rings. The van der Waals surface area contributed by atoms with Crippen LogP contribution in [0.2, 0.25) is 0 Å². The van der Waals surface area contributed by atoms with Crippen molar-refractivity contribution in [3.05, 3.63) is 48.4 Å². The van der Waals surface area contributed by atoms with Crippen LogP contribution in [0, 0.1) is 6.92 Å². The molecule has 7 nitrogen and oxygen atoms in total. The summed E-state index contributed by atoms with van der Waals surface area (Å²) in [6, 6.07) is 12.1. The maximum Gasteiger partial charge on any atom is 0.254 e. The molecule has 0 aliphatic carbocycles. The second-order valence-electron chi connectivity index (χ2n) is 6.22. The van der Waals surface area contributed by atoms with Gasteiger partial charge in [-0.3, -0.25) is 4.90 Å². The average molecular weight is 338 g/mol. The highest BCUT2D eigenvalue weighted by molar-refractivity contribution is 5.47. The number of piperazine rings is 1. The number of hydrogen-bond acceptors (Lipinski definition) is 6. The second-order valence-corrected chi connectivity index (χ2v) is 6.22. The number of para-hydroxylation sites is 1. The van der Waals surface area contributed by atoms with Gasteiger partial charge in [-0.2, -0.15) is 14.6 Å². The van der Waals surface area contributed by atoms with Crippen LogP contribution in [0.4, 0.5) is 5.82 Å². The third-order valence-electron chi connectivity index (χ3n) is 4.48. The third kappa shape index (κ3) is 3.56. The summed E-state index contributed by atoms with van der Waals surface area (Å²) in [5.74, 6) is 2.66. The second kappa shape index (κ2) is 7.06. The molecule has 0 amide bonds. The quantitative estimate of drug-likeness (QED) is 0.705. The van der Waals surface area contributed by atoms with Crippen molar-refractivity contribution in [3.8, 4) is 5.75 Å². The van der Waals surface area contributed by atoms with Crippen molar-refractivity contribution in [1.29, 1.82) is 0 Å². The molecule has 0 N–H and O–H groups in total. The van der Waals surface area contributed by atoms with Gasteiger partial charge in [-0.25, -0.2) is 4.98 Å². The van der Waals surface area contributed by atoms with Crippen LogP contribution in [0.1, 0.15) is 5.69 Å². The summed E-state index contributed by atoms with van der Waals surface area (Å²) in [5.41, 5.74) is 0.967. The first kappa shape index (κ1) is 15.8. The van der Waals surface area contributed by atoms with E-state index in [1.807, 2.05) is 41.8 Å². The molecule has 0 saturated carbocycles. The predicted molar refractivity (Wildman–Crippen MR) is 96.1 cm³/mol. The Morgan fingerprint density at radius 3 is 2.68 bits per heavy atom. The molecule has 1 saturated heterocycles. The molecule has 2 aromatic heterocycles. The van der Waals surface area contributed by atoms with Crippen molar-refractivity contribution in [3.63, 3.8) is 0 Å². The zero-order valence-electron chi connectivity index (χ0n) is 14.4. The van der Waals surface area contributed by atoms with Gasteiger partial charge in [0.2, 0.25) is 0 Å². The van der Waals surface area contributed by atoms with Crippen molar-refractivity contribution in [2.24, 2.45) is 0 Å². The van der Waals surface area contributed by atoms with Gasteiger partial charge in [0.05, 0.1) is 0 Å². The lowest BCUT2D eigenvalue weighted by molar-refractivity contribution is 0.200. The van der Waals surface area contributed by atoms with E-state index in [4.69, 9.17) is 4.74 Å². The molecule has 0 bridgehead atoms. The van der Waals surface area contributed by atoms with Gasteiger partial charge in [0.25, 0.3) is 5.78 Å². The molecular formula is C18H22N6O. The van der Waals surface area contributed by atoms with Crippen molar-refractivity contribution in [2.75, 3.05) is 44.2 Å². The minimum atomic E-state index is 0.661. The van der Waals surface area contributed by atoms with Crippen LogP contribution in [0.5, 0.6) is 5.75 Å². The van der Waals surface area contributed by atoms with E-state index < -0.39 is 0 Å². The van der Waals surface area contributed by atoms with Gasteiger partial charge in [0.1, 0.15) is 24.5 Å². The van der Waals surface area contributed by atoms with E-state index in [0.29, 0.717) is 12.4 Å². The number of aryl methyl sites for hydroxylation is 1. The van der Waals surface area contributed by atoms with Gasteiger partial charge in [0, 0.05) is 44.5 Å². The predicted octanol–water partition coefficient (Wildman–Crippen LogP) is 1.63. The van der Waals surface area contributed by atoms with E-state index in [1.54, 1.807) is 6.33 Å². The molecule has 1 aromatic carbocycles. The molecule has 0 spiro atoms. The molecule has 1 fully saturated rings. The fourth-order valence-corrected chi connectivity index (χ4v) is 3.15. The minimum Gasteiger partial charge on any atom is -0.492 e. The van der Waals surface area contributed by atoms with Gasteiger partial charge < -0.3 is 9.64 Å². The van der Waals surface area contributed by atoms with Crippen LogP contribution in [0.15, 0.2) is 42.7 Å². The molecule has 0 unspecified atom stereocenters. The standard InChI is InChI=1S/C18H22N6O/c1-15-13-17(24-18(21-15)19-14-20-24)23-9-7-22(8-10-23)11-12-25-16-5-3-2-4-6-16/h2-6,13-14H,7-12H2,1H3. The third-order valence-corrected chi connectivity index (χ3v) is 4.48. The summed E-state index contributed by atoms with van der Waals surface area (Å²) >= 11 is 0. The summed E-state index contributed by atoms with van der Waals surface area (Å²) in [7, 11) is 0. The maximum atomic E-state index is 5.80. The van der Waals surface area contributed by atoms with E-state index >= 15 is 0 Å². The number of benzene rings is 1. The highest BCUT2D eigenvalue weighted by atomic mass is 16.5. The molecule has 4 rings (SSSR count). The Morgan fingerprint density at radius 1 is 1.08 bits per heavy atom. The topological polar surface area (TPSA) is 58.8 Å². The first-order valence-corrected chi connectivity index (χ1v) is 8.62. The molecule has 3 heterocycles. The summed E-state index contributed by atoms with van der Waals surface area (Å²) in [4.78, 5) is 13.4. The molecule has 1 aliphatic heterocycles. The van der Waals surface area contributed by atoms with Crippen molar-refractivity contribution < 1.29 is 4.74 Å². The zero-order chi connectivity index (χ0) is 17.1. The number of aromatic nitrogens is 4. The lowest BCUT2D eigenvalue weighted by atomic mass is 10.3. The normalized spacial score (nSPS) is 15.6. The van der Waals surface area contributed by atoms with Gasteiger partial charge >= 0.3 is 0 Å². The average Bonchev–Trinajstić information content (AvgIpc) is 3.11. The summed E-state index contributed by atoms with van der Waals surface area (Å²) in [6.45, 7) is 7.59. The smallest absolute Gasteiger partial charge is 0.254 e. The first-order valence-electron chi connectivity index (χ1n) is 8.62. The van der Waals surface area contributed by atoms with Crippen molar-refractivity contribution >= 4 is 11.6 Å². The number of anilines is 1. The number of rotatable bonds is 5. The first-order chi connectivity index (χ1) is 12.3. The molecule has 25 heavy (non-hydrogen) atoms. The summed E-state index contributed by atoms with van der Waals surface area (Å²) in [6.07, 6.45) is 1.56. The Kier molecular flexibility index (Phi) is 4.47. The number of nitrogens with zero attached hydrogens (tertiary/aromatic N) is 6. The van der Waals surface area contributed by atoms with Crippen LogP contribution in [-0.2, 0) is 0 Å². The van der Waals surface area contributed by atoms with E-state index in [2.05, 4.69) is 30.9 Å². The van der Waals surface area contributed by atoms with Crippen molar-refractivity contribution in [1.82, 2.24) is 24.5 Å². The Bertz CT molecular complexity index is 826. The minimum absolute atomic E-state index is 0.661. The maximum absolute atomic E-state index is 5.80. The Hall–Kier alpha value is -2.67. The molecule has 130 valence electrons. The Morgan fingerprint density at radius 2 is 1.88 bits per heavy atom. The number of fused-ring (bicyclic) bond motifs is 1. The van der Waals surface area contributed by atoms with E-state index in [1.165, 1.54) is 0 Å². The van der Waals surface area contributed by atoms with Crippen LogP contribution in [0.25, 0.3) is 5.78 Å². The van der Waals surface area contributed by atoms with Gasteiger partial charge in [-0.15, -0.1) is 0 Å². The monoisotopic (exact) mass is 338 g/mol.